The van der Waals surface area contributed by atoms with E-state index in [9.17, 15) is 9.18 Å². The molecule has 2 aromatic heterocycles. The van der Waals surface area contributed by atoms with Crippen LogP contribution in [0.3, 0.4) is 0 Å². The van der Waals surface area contributed by atoms with E-state index in [4.69, 9.17) is 0 Å². The molecule has 146 valence electrons. The van der Waals surface area contributed by atoms with Gasteiger partial charge in [0.25, 0.3) is 5.91 Å². The summed E-state index contributed by atoms with van der Waals surface area (Å²) in [4.78, 5) is 23.2. The number of hydrogen-bond acceptors (Lipinski definition) is 4. The minimum absolute atomic E-state index is 0.154. The lowest BCUT2D eigenvalue weighted by Crippen LogP contribution is -2.30. The number of benzene rings is 2. The first-order valence-corrected chi connectivity index (χ1v) is 10.1. The molecule has 0 aliphatic heterocycles. The van der Waals surface area contributed by atoms with Gasteiger partial charge in [-0.3, -0.25) is 9.69 Å². The number of halogens is 1. The van der Waals surface area contributed by atoms with Crippen molar-refractivity contribution in [2.24, 2.45) is 0 Å². The summed E-state index contributed by atoms with van der Waals surface area (Å²) in [5.41, 5.74) is 1.64. The third-order valence-electron chi connectivity index (χ3n) is 4.41. The molecule has 0 saturated heterocycles. The fourth-order valence-electron chi connectivity index (χ4n) is 2.95. The van der Waals surface area contributed by atoms with Gasteiger partial charge in [-0.2, -0.15) is 0 Å². The van der Waals surface area contributed by atoms with Crippen LogP contribution in [0.15, 0.2) is 73.3 Å². The fraction of sp³-hybridized carbons (Fsp3) is 0.136. The monoisotopic (exact) mass is 406 g/mol. The minimum atomic E-state index is -0.311. The van der Waals surface area contributed by atoms with Crippen molar-refractivity contribution in [1.82, 2.24) is 14.5 Å². The van der Waals surface area contributed by atoms with E-state index in [2.05, 4.69) is 9.97 Å². The average Bonchev–Trinajstić information content (AvgIpc) is 3.39. The zero-order valence-corrected chi connectivity index (χ0v) is 16.4. The Morgan fingerprint density at radius 2 is 2.07 bits per heavy atom. The van der Waals surface area contributed by atoms with Crippen molar-refractivity contribution in [2.45, 2.75) is 13.0 Å². The molecule has 0 radical (unpaired) electrons. The highest BCUT2D eigenvalue weighted by atomic mass is 32.1. The molecule has 5 nitrogen and oxygen atoms in total. The molecular weight excluding hydrogens is 387 g/mol. The normalized spacial score (nSPS) is 11.3. The molecule has 0 atom stereocenters. The SMILES string of the molecule is O=C(/C=C/c1ccccc1)N(CCCn1ccnc1)c1nc2ccc(F)cc2s1. The minimum Gasteiger partial charge on any atom is -0.337 e. The summed E-state index contributed by atoms with van der Waals surface area (Å²) in [7, 11) is 0. The third-order valence-corrected chi connectivity index (χ3v) is 5.45. The van der Waals surface area contributed by atoms with Gasteiger partial charge >= 0.3 is 0 Å². The summed E-state index contributed by atoms with van der Waals surface area (Å²) >= 11 is 1.32. The highest BCUT2D eigenvalue weighted by molar-refractivity contribution is 7.22. The molecule has 0 N–H and O–H groups in total. The predicted molar refractivity (Wildman–Crippen MR) is 114 cm³/mol. The largest absolute Gasteiger partial charge is 0.337 e. The Balaban J connectivity index is 1.56. The molecule has 0 unspecified atom stereocenters. The van der Waals surface area contributed by atoms with E-state index in [1.165, 1.54) is 23.5 Å². The number of nitrogens with zero attached hydrogens (tertiary/aromatic N) is 4. The van der Waals surface area contributed by atoms with Crippen molar-refractivity contribution in [3.63, 3.8) is 0 Å². The van der Waals surface area contributed by atoms with Crippen molar-refractivity contribution in [3.8, 4) is 0 Å². The molecule has 0 aliphatic rings. The van der Waals surface area contributed by atoms with Crippen LogP contribution in [0.25, 0.3) is 16.3 Å². The Morgan fingerprint density at radius 1 is 1.21 bits per heavy atom. The molecule has 0 bridgehead atoms. The third kappa shape index (κ3) is 4.75. The second-order valence-electron chi connectivity index (χ2n) is 6.50. The smallest absolute Gasteiger partial charge is 0.252 e. The van der Waals surface area contributed by atoms with E-state index in [1.807, 2.05) is 41.1 Å². The lowest BCUT2D eigenvalue weighted by Gasteiger charge is -2.18. The molecule has 0 aliphatic carbocycles. The first-order chi connectivity index (χ1) is 14.2. The molecule has 0 saturated carbocycles. The molecule has 0 fully saturated rings. The molecule has 1 amide bonds. The lowest BCUT2D eigenvalue weighted by molar-refractivity contribution is -0.114. The Bertz CT molecular complexity index is 1120. The number of aryl methyl sites for hydroxylation is 1. The number of carbonyl (C=O) groups excluding carboxylic acids is 1. The van der Waals surface area contributed by atoms with Gasteiger partial charge < -0.3 is 4.57 Å². The first-order valence-electron chi connectivity index (χ1n) is 9.25. The predicted octanol–water partition coefficient (Wildman–Crippen LogP) is 4.77. The standard InChI is InChI=1S/C22H19FN4OS/c23-18-8-9-19-20(15-18)29-22(25-19)27(13-4-12-26-14-11-24-16-26)21(28)10-7-17-5-2-1-3-6-17/h1-3,5-11,14-16H,4,12-13H2/b10-7+. The average molecular weight is 406 g/mol. The molecule has 2 aromatic carbocycles. The van der Waals surface area contributed by atoms with E-state index in [1.54, 1.807) is 35.6 Å². The summed E-state index contributed by atoms with van der Waals surface area (Å²) in [6.45, 7) is 1.24. The van der Waals surface area contributed by atoms with Crippen molar-refractivity contribution in [2.75, 3.05) is 11.4 Å². The summed E-state index contributed by atoms with van der Waals surface area (Å²) in [5.74, 6) is -0.464. The van der Waals surface area contributed by atoms with Gasteiger partial charge in [-0.25, -0.2) is 14.4 Å². The van der Waals surface area contributed by atoms with Gasteiger partial charge in [0, 0.05) is 31.6 Å². The molecule has 2 heterocycles. The van der Waals surface area contributed by atoms with Crippen molar-refractivity contribution in [1.29, 1.82) is 0 Å². The summed E-state index contributed by atoms with van der Waals surface area (Å²) in [5, 5.41) is 0.568. The zero-order chi connectivity index (χ0) is 20.1. The van der Waals surface area contributed by atoms with Crippen LogP contribution in [-0.4, -0.2) is 27.0 Å². The number of rotatable bonds is 7. The van der Waals surface area contributed by atoms with Gasteiger partial charge in [-0.1, -0.05) is 41.7 Å². The maximum atomic E-state index is 13.6. The Labute approximate surface area is 171 Å². The number of aromatic nitrogens is 3. The van der Waals surface area contributed by atoms with Crippen LogP contribution in [0, 0.1) is 5.82 Å². The second kappa shape index (κ2) is 8.79. The van der Waals surface area contributed by atoms with Crippen LogP contribution >= 0.6 is 11.3 Å². The summed E-state index contributed by atoms with van der Waals surface area (Å²) in [6.07, 6.45) is 9.46. The van der Waals surface area contributed by atoms with Crippen molar-refractivity contribution >= 4 is 38.7 Å². The highest BCUT2D eigenvalue weighted by Crippen LogP contribution is 2.29. The van der Waals surface area contributed by atoms with Gasteiger partial charge in [0.15, 0.2) is 5.13 Å². The van der Waals surface area contributed by atoms with E-state index in [-0.39, 0.29) is 11.7 Å². The number of fused-ring (bicyclic) bond motifs is 1. The molecule has 4 aromatic rings. The van der Waals surface area contributed by atoms with Crippen LogP contribution in [0.2, 0.25) is 0 Å². The Hall–Kier alpha value is -3.32. The zero-order valence-electron chi connectivity index (χ0n) is 15.6. The van der Waals surface area contributed by atoms with Gasteiger partial charge in [0.2, 0.25) is 0 Å². The molecule has 7 heteroatoms. The number of imidazole rings is 1. The highest BCUT2D eigenvalue weighted by Gasteiger charge is 2.18. The Morgan fingerprint density at radius 3 is 2.86 bits per heavy atom. The van der Waals surface area contributed by atoms with Gasteiger partial charge in [0.1, 0.15) is 5.82 Å². The molecule has 4 rings (SSSR count). The Kier molecular flexibility index (Phi) is 5.76. The van der Waals surface area contributed by atoms with E-state index in [0.717, 1.165) is 23.2 Å². The number of amides is 1. The van der Waals surface area contributed by atoms with Gasteiger partial charge in [0.05, 0.1) is 16.5 Å². The van der Waals surface area contributed by atoms with E-state index in [0.29, 0.717) is 17.2 Å². The van der Waals surface area contributed by atoms with Crippen LogP contribution in [-0.2, 0) is 11.3 Å². The fourth-order valence-corrected chi connectivity index (χ4v) is 3.98. The molecular formula is C22H19FN4OS. The van der Waals surface area contributed by atoms with Gasteiger partial charge in [-0.05, 0) is 36.3 Å². The molecule has 29 heavy (non-hydrogen) atoms. The topological polar surface area (TPSA) is 51.0 Å². The van der Waals surface area contributed by atoms with Gasteiger partial charge in [-0.15, -0.1) is 0 Å². The van der Waals surface area contributed by atoms with E-state index >= 15 is 0 Å². The van der Waals surface area contributed by atoms with E-state index < -0.39 is 0 Å². The number of anilines is 1. The number of hydrogen-bond donors (Lipinski definition) is 0. The number of thiazole rings is 1. The first kappa shape index (κ1) is 19.0. The van der Waals surface area contributed by atoms with Crippen molar-refractivity contribution < 1.29 is 9.18 Å². The maximum Gasteiger partial charge on any atom is 0.252 e. The lowest BCUT2D eigenvalue weighted by atomic mass is 10.2. The summed E-state index contributed by atoms with van der Waals surface area (Å²) in [6, 6.07) is 14.1. The van der Waals surface area contributed by atoms with Crippen LogP contribution in [0.4, 0.5) is 9.52 Å². The maximum absolute atomic E-state index is 13.6. The second-order valence-corrected chi connectivity index (χ2v) is 7.51. The van der Waals surface area contributed by atoms with Crippen LogP contribution < -0.4 is 4.90 Å². The van der Waals surface area contributed by atoms with Crippen LogP contribution in [0.5, 0.6) is 0 Å². The number of carbonyl (C=O) groups is 1. The summed E-state index contributed by atoms with van der Waals surface area (Å²) < 4.78 is 16.2. The quantitative estimate of drug-likeness (QED) is 0.416. The molecule has 0 spiro atoms. The van der Waals surface area contributed by atoms with Crippen molar-refractivity contribution in [3.05, 3.63) is 84.7 Å². The van der Waals surface area contributed by atoms with Crippen LogP contribution in [0.1, 0.15) is 12.0 Å².